The molecule has 3 rings (SSSR count). The number of carbonyl (C=O) groups excluding carboxylic acids is 1. The van der Waals surface area contributed by atoms with Crippen molar-refractivity contribution in [2.45, 2.75) is 33.4 Å². The van der Waals surface area contributed by atoms with Crippen molar-refractivity contribution >= 4 is 11.6 Å². The van der Waals surface area contributed by atoms with Crippen LogP contribution in [0, 0.1) is 6.92 Å². The molecular weight excluding hydrogens is 354 g/mol. The number of hydrogen-bond donors (Lipinski definition) is 0. The molecule has 6 heteroatoms. The zero-order chi connectivity index (χ0) is 20.1. The molecular formula is C22H31N3O3. The van der Waals surface area contributed by atoms with E-state index in [-0.39, 0.29) is 11.9 Å². The average molecular weight is 386 g/mol. The summed E-state index contributed by atoms with van der Waals surface area (Å²) in [5, 5.41) is 0. The summed E-state index contributed by atoms with van der Waals surface area (Å²) in [5.41, 5.74) is 1.17. The van der Waals surface area contributed by atoms with E-state index in [0.29, 0.717) is 13.1 Å². The van der Waals surface area contributed by atoms with Gasteiger partial charge in [-0.25, -0.2) is 0 Å². The monoisotopic (exact) mass is 385 g/mol. The molecule has 0 unspecified atom stereocenters. The Morgan fingerprint density at radius 1 is 1.11 bits per heavy atom. The van der Waals surface area contributed by atoms with Crippen molar-refractivity contribution in [2.24, 2.45) is 0 Å². The van der Waals surface area contributed by atoms with Crippen molar-refractivity contribution < 1.29 is 13.9 Å². The van der Waals surface area contributed by atoms with Crippen LogP contribution >= 0.6 is 0 Å². The van der Waals surface area contributed by atoms with Gasteiger partial charge in [0.1, 0.15) is 17.3 Å². The first-order valence-corrected chi connectivity index (χ1v) is 9.92. The molecule has 1 aliphatic heterocycles. The van der Waals surface area contributed by atoms with Gasteiger partial charge in [0.25, 0.3) is 0 Å². The van der Waals surface area contributed by atoms with Crippen molar-refractivity contribution in [1.82, 2.24) is 9.80 Å². The second kappa shape index (κ2) is 9.15. The van der Waals surface area contributed by atoms with Crippen LogP contribution in [0.4, 0.5) is 5.69 Å². The van der Waals surface area contributed by atoms with E-state index in [9.17, 15) is 4.79 Å². The number of piperazine rings is 1. The highest BCUT2D eigenvalue weighted by Gasteiger charge is 2.24. The van der Waals surface area contributed by atoms with E-state index in [0.717, 1.165) is 43.4 Å². The van der Waals surface area contributed by atoms with Gasteiger partial charge in [-0.05, 0) is 57.2 Å². The summed E-state index contributed by atoms with van der Waals surface area (Å²) in [5.74, 6) is 2.85. The van der Waals surface area contributed by atoms with Gasteiger partial charge < -0.3 is 19.0 Å². The van der Waals surface area contributed by atoms with Crippen LogP contribution in [-0.2, 0) is 11.3 Å². The van der Waals surface area contributed by atoms with Gasteiger partial charge in [-0.15, -0.1) is 0 Å². The summed E-state index contributed by atoms with van der Waals surface area (Å²) in [6, 6.07) is 12.3. The number of aryl methyl sites for hydroxylation is 1. The zero-order valence-corrected chi connectivity index (χ0v) is 17.4. The Morgan fingerprint density at radius 2 is 1.79 bits per heavy atom. The number of nitrogens with zero attached hydrogens (tertiary/aromatic N) is 3. The fourth-order valence-corrected chi connectivity index (χ4v) is 3.47. The summed E-state index contributed by atoms with van der Waals surface area (Å²) in [6.07, 6.45) is 0. The predicted octanol–water partition coefficient (Wildman–Crippen LogP) is 3.16. The van der Waals surface area contributed by atoms with Gasteiger partial charge in [-0.2, -0.15) is 0 Å². The maximum atomic E-state index is 12.9. The van der Waals surface area contributed by atoms with E-state index in [4.69, 9.17) is 9.15 Å². The van der Waals surface area contributed by atoms with E-state index < -0.39 is 0 Å². The largest absolute Gasteiger partial charge is 0.497 e. The van der Waals surface area contributed by atoms with Crippen LogP contribution in [0.15, 0.2) is 40.8 Å². The van der Waals surface area contributed by atoms with Crippen molar-refractivity contribution in [3.63, 3.8) is 0 Å². The number of furan rings is 1. The molecule has 0 spiro atoms. The minimum atomic E-state index is 0.186. The highest BCUT2D eigenvalue weighted by atomic mass is 16.5. The summed E-state index contributed by atoms with van der Waals surface area (Å²) in [7, 11) is 1.67. The molecule has 1 saturated heterocycles. The fourth-order valence-electron chi connectivity index (χ4n) is 3.47. The molecule has 2 aromatic rings. The van der Waals surface area contributed by atoms with Crippen molar-refractivity contribution in [3.8, 4) is 5.75 Å². The minimum Gasteiger partial charge on any atom is -0.497 e. The smallest absolute Gasteiger partial charge is 0.236 e. The first-order chi connectivity index (χ1) is 13.5. The molecule has 0 N–H and O–H groups in total. The van der Waals surface area contributed by atoms with Crippen LogP contribution in [0.25, 0.3) is 0 Å². The van der Waals surface area contributed by atoms with Gasteiger partial charge in [0.05, 0.1) is 20.2 Å². The van der Waals surface area contributed by atoms with Crippen LogP contribution in [0.2, 0.25) is 0 Å². The van der Waals surface area contributed by atoms with Crippen molar-refractivity contribution in [1.29, 1.82) is 0 Å². The number of benzene rings is 1. The van der Waals surface area contributed by atoms with Crippen LogP contribution in [0.5, 0.6) is 5.75 Å². The van der Waals surface area contributed by atoms with Gasteiger partial charge in [-0.1, -0.05) is 0 Å². The molecule has 28 heavy (non-hydrogen) atoms. The highest BCUT2D eigenvalue weighted by molar-refractivity contribution is 5.78. The number of carbonyl (C=O) groups is 1. The maximum Gasteiger partial charge on any atom is 0.236 e. The van der Waals surface area contributed by atoms with E-state index >= 15 is 0 Å². The Kier molecular flexibility index (Phi) is 6.62. The molecule has 0 radical (unpaired) electrons. The standard InChI is InChI=1S/C22H31N3O3/c1-17(2)25(15-21-8-5-18(3)28-21)16-22(26)24-13-11-23(12-14-24)19-6-9-20(27-4)10-7-19/h5-10,17H,11-16H2,1-4H3. The van der Waals surface area contributed by atoms with Gasteiger partial charge >= 0.3 is 0 Å². The molecule has 0 aliphatic carbocycles. The summed E-state index contributed by atoms with van der Waals surface area (Å²) >= 11 is 0. The molecule has 0 atom stereocenters. The molecule has 1 aromatic carbocycles. The molecule has 152 valence electrons. The van der Waals surface area contributed by atoms with E-state index in [1.807, 2.05) is 36.1 Å². The molecule has 1 aromatic heterocycles. The second-order valence-corrected chi connectivity index (χ2v) is 7.58. The fraction of sp³-hybridized carbons (Fsp3) is 0.500. The quantitative estimate of drug-likeness (QED) is 0.733. The number of anilines is 1. The third-order valence-corrected chi connectivity index (χ3v) is 5.29. The Balaban J connectivity index is 1.53. The lowest BCUT2D eigenvalue weighted by molar-refractivity contribution is -0.133. The summed E-state index contributed by atoms with van der Waals surface area (Å²) < 4.78 is 10.9. The first-order valence-electron chi connectivity index (χ1n) is 9.92. The first kappa shape index (κ1) is 20.3. The number of ether oxygens (including phenoxy) is 1. The van der Waals surface area contributed by atoms with Gasteiger partial charge in [0.2, 0.25) is 5.91 Å². The van der Waals surface area contributed by atoms with E-state index in [1.54, 1.807) is 7.11 Å². The topological polar surface area (TPSA) is 49.2 Å². The second-order valence-electron chi connectivity index (χ2n) is 7.58. The number of hydrogen-bond acceptors (Lipinski definition) is 5. The van der Waals surface area contributed by atoms with E-state index in [2.05, 4.69) is 35.8 Å². The number of amides is 1. The van der Waals surface area contributed by atoms with Crippen LogP contribution in [-0.4, -0.2) is 61.6 Å². The normalized spacial score (nSPS) is 14.8. The molecule has 6 nitrogen and oxygen atoms in total. The Hall–Kier alpha value is -2.47. The summed E-state index contributed by atoms with van der Waals surface area (Å²) in [6.45, 7) is 10.4. The molecule has 1 amide bonds. The highest BCUT2D eigenvalue weighted by Crippen LogP contribution is 2.21. The average Bonchev–Trinajstić information content (AvgIpc) is 3.12. The molecule has 1 fully saturated rings. The number of rotatable bonds is 7. The predicted molar refractivity (Wildman–Crippen MR) is 111 cm³/mol. The SMILES string of the molecule is COc1ccc(N2CCN(C(=O)CN(Cc3ccc(C)o3)C(C)C)CC2)cc1. The lowest BCUT2D eigenvalue weighted by atomic mass is 10.2. The Labute approximate surface area is 167 Å². The van der Waals surface area contributed by atoms with Gasteiger partial charge in [-0.3, -0.25) is 9.69 Å². The Bertz CT molecular complexity index is 762. The molecule has 1 aliphatic rings. The van der Waals surface area contributed by atoms with Crippen LogP contribution in [0.3, 0.4) is 0 Å². The Morgan fingerprint density at radius 3 is 2.32 bits per heavy atom. The van der Waals surface area contributed by atoms with Gasteiger partial charge in [0.15, 0.2) is 0 Å². The van der Waals surface area contributed by atoms with Gasteiger partial charge in [0, 0.05) is 37.9 Å². The third-order valence-electron chi connectivity index (χ3n) is 5.29. The van der Waals surface area contributed by atoms with Crippen LogP contribution in [0.1, 0.15) is 25.4 Å². The third kappa shape index (κ3) is 5.07. The lowest BCUT2D eigenvalue weighted by Gasteiger charge is -2.37. The molecule has 2 heterocycles. The van der Waals surface area contributed by atoms with E-state index in [1.165, 1.54) is 5.69 Å². The number of methoxy groups -OCH3 is 1. The van der Waals surface area contributed by atoms with Crippen molar-refractivity contribution in [3.05, 3.63) is 47.9 Å². The maximum absolute atomic E-state index is 12.9. The zero-order valence-electron chi connectivity index (χ0n) is 17.4. The van der Waals surface area contributed by atoms with Crippen molar-refractivity contribution in [2.75, 3.05) is 44.7 Å². The van der Waals surface area contributed by atoms with Crippen LogP contribution < -0.4 is 9.64 Å². The molecule has 0 bridgehead atoms. The lowest BCUT2D eigenvalue weighted by Crippen LogP contribution is -2.51. The minimum absolute atomic E-state index is 0.186. The molecule has 0 saturated carbocycles. The summed E-state index contributed by atoms with van der Waals surface area (Å²) in [4.78, 5) is 19.3.